The van der Waals surface area contributed by atoms with E-state index in [1.165, 1.54) is 12.1 Å². The molecule has 0 saturated carbocycles. The van der Waals surface area contributed by atoms with Crippen LogP contribution in [0.15, 0.2) is 77.7 Å². The maximum absolute atomic E-state index is 13.2. The molecular weight excluding hydrogens is 448 g/mol. The van der Waals surface area contributed by atoms with Crippen LogP contribution >= 0.6 is 0 Å². The Labute approximate surface area is 180 Å². The Morgan fingerprint density at radius 1 is 0.781 bits per heavy atom. The van der Waals surface area contributed by atoms with Crippen molar-refractivity contribution in [2.75, 3.05) is 10.0 Å². The first-order chi connectivity index (χ1) is 15.1. The first kappa shape index (κ1) is 21.5. The number of hydrogen-bond acceptors (Lipinski definition) is 5. The maximum atomic E-state index is 13.2. The average Bonchev–Trinajstić information content (AvgIpc) is 2.74. The van der Waals surface area contributed by atoms with Crippen LogP contribution in [-0.4, -0.2) is 18.4 Å². The summed E-state index contributed by atoms with van der Waals surface area (Å²) >= 11 is 0. The summed E-state index contributed by atoms with van der Waals surface area (Å²) < 4.78 is 80.1. The van der Waals surface area contributed by atoms with Crippen LogP contribution in [0.2, 0.25) is 0 Å². The normalized spacial score (nSPS) is 12.0. The monoisotopic (exact) mass is 462 g/mol. The summed E-state index contributed by atoms with van der Waals surface area (Å²) in [5.74, 6) is -0.944. The number of halogens is 4. The minimum absolute atomic E-state index is 0.0339. The lowest BCUT2D eigenvalue weighted by molar-refractivity contribution is -0.137. The van der Waals surface area contributed by atoms with Crippen LogP contribution in [0.5, 0.6) is 0 Å². The molecule has 32 heavy (non-hydrogen) atoms. The molecule has 0 atom stereocenters. The van der Waals surface area contributed by atoms with Crippen molar-refractivity contribution < 1.29 is 26.0 Å². The van der Waals surface area contributed by atoms with Crippen LogP contribution in [-0.2, 0) is 16.2 Å². The summed E-state index contributed by atoms with van der Waals surface area (Å²) in [5.41, 5.74) is -0.0954. The van der Waals surface area contributed by atoms with Gasteiger partial charge in [0.1, 0.15) is 5.82 Å². The summed E-state index contributed by atoms with van der Waals surface area (Å²) in [5, 5.41) is 2.70. The number of anilines is 3. The van der Waals surface area contributed by atoms with Crippen molar-refractivity contribution in [2.24, 2.45) is 0 Å². The highest BCUT2D eigenvalue weighted by atomic mass is 32.2. The molecule has 2 N–H and O–H groups in total. The van der Waals surface area contributed by atoms with Gasteiger partial charge in [0.2, 0.25) is 0 Å². The molecule has 3 aromatic carbocycles. The molecule has 0 radical (unpaired) electrons. The number of para-hydroxylation sites is 2. The molecule has 0 aliphatic rings. The van der Waals surface area contributed by atoms with Gasteiger partial charge in [-0.25, -0.2) is 22.8 Å². The van der Waals surface area contributed by atoms with Gasteiger partial charge in [-0.05, 0) is 54.6 Å². The van der Waals surface area contributed by atoms with Crippen LogP contribution < -0.4 is 10.0 Å². The van der Waals surface area contributed by atoms with Crippen LogP contribution in [0.4, 0.5) is 34.9 Å². The lowest BCUT2D eigenvalue weighted by Gasteiger charge is -2.15. The summed E-state index contributed by atoms with van der Waals surface area (Å²) in [4.78, 5) is 8.35. The van der Waals surface area contributed by atoms with E-state index in [2.05, 4.69) is 20.0 Å². The third-order valence-electron chi connectivity index (χ3n) is 4.38. The van der Waals surface area contributed by atoms with Gasteiger partial charge in [0.25, 0.3) is 10.0 Å². The Bertz CT molecular complexity index is 1390. The Hall–Kier alpha value is -3.73. The largest absolute Gasteiger partial charge is 0.416 e. The average molecular weight is 462 g/mol. The number of aromatic nitrogens is 2. The van der Waals surface area contributed by atoms with E-state index < -0.39 is 27.6 Å². The van der Waals surface area contributed by atoms with Gasteiger partial charge < -0.3 is 5.32 Å². The molecule has 4 aromatic rings. The highest BCUT2D eigenvalue weighted by Crippen LogP contribution is 2.32. The molecular formula is C21H14F4N4O2S. The molecule has 0 amide bonds. The number of hydrogen-bond donors (Lipinski definition) is 2. The zero-order valence-corrected chi connectivity index (χ0v) is 16.9. The van der Waals surface area contributed by atoms with Gasteiger partial charge in [-0.1, -0.05) is 18.2 Å². The van der Waals surface area contributed by atoms with Gasteiger partial charge in [0.15, 0.2) is 11.6 Å². The van der Waals surface area contributed by atoms with Gasteiger partial charge in [-0.3, -0.25) is 4.72 Å². The highest BCUT2D eigenvalue weighted by Gasteiger charge is 2.30. The molecule has 1 aromatic heterocycles. The van der Waals surface area contributed by atoms with Crippen LogP contribution in [0, 0.1) is 5.82 Å². The molecule has 6 nitrogen and oxygen atoms in total. The molecule has 164 valence electrons. The summed E-state index contributed by atoms with van der Waals surface area (Å²) in [6, 6.07) is 15.1. The first-order valence-electron chi connectivity index (χ1n) is 9.11. The van der Waals surface area contributed by atoms with Crippen LogP contribution in [0.25, 0.3) is 11.0 Å². The van der Waals surface area contributed by atoms with E-state index in [-0.39, 0.29) is 22.2 Å². The minimum atomic E-state index is -4.56. The van der Waals surface area contributed by atoms with Crippen molar-refractivity contribution in [3.63, 3.8) is 0 Å². The van der Waals surface area contributed by atoms with Gasteiger partial charge in [0.05, 0.1) is 21.5 Å². The quantitative estimate of drug-likeness (QED) is 0.392. The van der Waals surface area contributed by atoms with Crippen LogP contribution in [0.1, 0.15) is 5.56 Å². The number of nitrogens with one attached hydrogen (secondary N) is 2. The van der Waals surface area contributed by atoms with Crippen molar-refractivity contribution in [2.45, 2.75) is 11.1 Å². The lowest BCUT2D eigenvalue weighted by Crippen LogP contribution is -2.16. The number of nitrogens with zero attached hydrogens (tertiary/aromatic N) is 2. The summed E-state index contributed by atoms with van der Waals surface area (Å²) in [6.07, 6.45) is -4.56. The Kier molecular flexibility index (Phi) is 5.43. The van der Waals surface area contributed by atoms with E-state index in [1.807, 2.05) is 0 Å². The fourth-order valence-corrected chi connectivity index (χ4v) is 3.88. The van der Waals surface area contributed by atoms with Gasteiger partial charge in [-0.15, -0.1) is 0 Å². The number of benzene rings is 3. The molecule has 0 saturated heterocycles. The van der Waals surface area contributed by atoms with Crippen molar-refractivity contribution in [3.8, 4) is 0 Å². The molecule has 1 heterocycles. The molecule has 0 fully saturated rings. The molecule has 0 unspecified atom stereocenters. The SMILES string of the molecule is O=S(=O)(Nc1nc2ccccc2nc1Nc1cccc(C(F)(F)F)c1)c1ccc(F)cc1. The van der Waals surface area contributed by atoms with E-state index >= 15 is 0 Å². The number of rotatable bonds is 5. The highest BCUT2D eigenvalue weighted by molar-refractivity contribution is 7.92. The van der Waals surface area contributed by atoms with E-state index in [0.717, 1.165) is 36.4 Å². The Morgan fingerprint density at radius 2 is 1.41 bits per heavy atom. The molecule has 11 heteroatoms. The first-order valence-corrected chi connectivity index (χ1v) is 10.6. The van der Waals surface area contributed by atoms with Crippen molar-refractivity contribution in [1.82, 2.24) is 9.97 Å². The van der Waals surface area contributed by atoms with Gasteiger partial charge in [-0.2, -0.15) is 13.2 Å². The lowest BCUT2D eigenvalue weighted by atomic mass is 10.2. The third kappa shape index (κ3) is 4.62. The fraction of sp³-hybridized carbons (Fsp3) is 0.0476. The second kappa shape index (κ2) is 8.08. The molecule has 0 bridgehead atoms. The molecule has 0 spiro atoms. The van der Waals surface area contributed by atoms with Gasteiger partial charge >= 0.3 is 6.18 Å². The molecule has 0 aliphatic heterocycles. The van der Waals surface area contributed by atoms with Crippen molar-refractivity contribution in [1.29, 1.82) is 0 Å². The number of alkyl halides is 3. The second-order valence-corrected chi connectivity index (χ2v) is 8.35. The van der Waals surface area contributed by atoms with Gasteiger partial charge in [0, 0.05) is 5.69 Å². The second-order valence-electron chi connectivity index (χ2n) is 6.67. The summed E-state index contributed by atoms with van der Waals surface area (Å²) in [6.45, 7) is 0. The van der Waals surface area contributed by atoms with Crippen LogP contribution in [0.3, 0.4) is 0 Å². The van der Waals surface area contributed by atoms with Crippen molar-refractivity contribution >= 4 is 38.4 Å². The maximum Gasteiger partial charge on any atom is 0.416 e. The molecule has 4 rings (SSSR count). The standard InChI is InChI=1S/C21H14F4N4O2S/c22-14-8-10-16(11-9-14)32(30,31)29-20-19(27-17-6-1-2-7-18(17)28-20)26-15-5-3-4-13(12-15)21(23,24)25/h1-12H,(H,26,27)(H,28,29). The Balaban J connectivity index is 1.77. The zero-order valence-electron chi connectivity index (χ0n) is 16.1. The predicted octanol–water partition coefficient (Wildman–Crippen LogP) is 5.33. The predicted molar refractivity (Wildman–Crippen MR) is 111 cm³/mol. The van der Waals surface area contributed by atoms with E-state index in [9.17, 15) is 26.0 Å². The zero-order chi connectivity index (χ0) is 22.9. The third-order valence-corrected chi connectivity index (χ3v) is 5.73. The topological polar surface area (TPSA) is 84.0 Å². The van der Waals surface area contributed by atoms with E-state index in [1.54, 1.807) is 24.3 Å². The number of sulfonamides is 1. The van der Waals surface area contributed by atoms with E-state index in [0.29, 0.717) is 11.0 Å². The Morgan fingerprint density at radius 3 is 2.03 bits per heavy atom. The van der Waals surface area contributed by atoms with Crippen molar-refractivity contribution in [3.05, 3.63) is 84.2 Å². The minimum Gasteiger partial charge on any atom is -0.337 e. The van der Waals surface area contributed by atoms with E-state index in [4.69, 9.17) is 0 Å². The number of fused-ring (bicyclic) bond motifs is 1. The molecule has 0 aliphatic carbocycles. The smallest absolute Gasteiger partial charge is 0.337 e. The summed E-state index contributed by atoms with van der Waals surface area (Å²) in [7, 11) is -4.18. The fourth-order valence-electron chi connectivity index (χ4n) is 2.87.